The molecule has 0 aliphatic carbocycles. The van der Waals surface area contributed by atoms with Gasteiger partial charge >= 0.3 is 0 Å². The van der Waals surface area contributed by atoms with Crippen molar-refractivity contribution in [2.24, 2.45) is 0 Å². The number of nitrogens with zero attached hydrogens (tertiary/aromatic N) is 8. The third kappa shape index (κ3) is 4.51. The largest absolute Gasteiger partial charge is 0.395 e. The first-order valence-electron chi connectivity index (χ1n) is 11.4. The second-order valence-corrected chi connectivity index (χ2v) is 11.3. The summed E-state index contributed by atoms with van der Waals surface area (Å²) < 4.78 is 3.28. The van der Waals surface area contributed by atoms with Gasteiger partial charge in [0.2, 0.25) is 0 Å². The number of aliphatic hydroxyl groups excluding tert-OH is 6. The van der Waals surface area contributed by atoms with Gasteiger partial charge in [0, 0.05) is 0 Å². The van der Waals surface area contributed by atoms with Crippen LogP contribution in [0.15, 0.2) is 25.3 Å². The summed E-state index contributed by atoms with van der Waals surface area (Å²) in [6.45, 7) is -0.410. The van der Waals surface area contributed by atoms with Gasteiger partial charge in [-0.3, -0.25) is 9.13 Å². The van der Waals surface area contributed by atoms with E-state index in [1.807, 2.05) is 0 Å². The lowest BCUT2D eigenvalue weighted by Gasteiger charge is -2.16. The van der Waals surface area contributed by atoms with Crippen molar-refractivity contribution < 1.29 is 30.6 Å². The fourth-order valence-corrected chi connectivity index (χ4v) is 7.08. The number of thioether (sulfide) groups is 2. The molecule has 10 N–H and O–H groups in total. The van der Waals surface area contributed by atoms with Crippen LogP contribution < -0.4 is 11.5 Å². The zero-order chi connectivity index (χ0) is 27.1. The average Bonchev–Trinajstić information content (AvgIpc) is 3.67. The molecule has 18 heteroatoms. The number of hydrogen-bond acceptors (Lipinski definition) is 16. The third-order valence-corrected chi connectivity index (χ3v) is 9.48. The quantitative estimate of drug-likeness (QED) is 0.127. The molecule has 4 aromatic rings. The van der Waals surface area contributed by atoms with Crippen LogP contribution in [0.25, 0.3) is 22.3 Å². The molecule has 0 radical (unpaired) electrons. The summed E-state index contributed by atoms with van der Waals surface area (Å²) in [6, 6.07) is 0. The molecule has 16 nitrogen and oxygen atoms in total. The Bertz CT molecular complexity index is 1320. The molecule has 6 heterocycles. The number of imidazole rings is 2. The molecule has 8 atom stereocenters. The number of rotatable bonds is 4. The summed E-state index contributed by atoms with van der Waals surface area (Å²) in [4.78, 5) is 24.1. The van der Waals surface area contributed by atoms with Crippen LogP contribution >= 0.6 is 23.5 Å². The highest BCUT2D eigenvalue weighted by Crippen LogP contribution is 2.43. The van der Waals surface area contributed by atoms with Crippen molar-refractivity contribution in [3.8, 4) is 0 Å². The Morgan fingerprint density at radius 1 is 0.632 bits per heavy atom. The molecule has 0 spiro atoms. The van der Waals surface area contributed by atoms with Gasteiger partial charge in [-0.15, -0.1) is 23.5 Å². The van der Waals surface area contributed by atoms with Crippen LogP contribution in [0.5, 0.6) is 0 Å². The second-order valence-electron chi connectivity index (χ2n) is 8.62. The van der Waals surface area contributed by atoms with Crippen LogP contribution in [-0.2, 0) is 0 Å². The standard InChI is InChI=1S/2C10H13N5O3S/c2*11-8-5-9(13-2-12-8)15(3-14-5)10-7(18)6(17)4(1-16)19-10/h2*2-4,6-7,10,16-18H,1H2,(H2,11,12,13). The first kappa shape index (κ1) is 26.8. The van der Waals surface area contributed by atoms with E-state index in [1.165, 1.54) is 48.8 Å². The van der Waals surface area contributed by atoms with Gasteiger partial charge in [0.15, 0.2) is 22.9 Å². The molecular formula is C20H26N10O6S2. The monoisotopic (exact) mass is 566 g/mol. The highest BCUT2D eigenvalue weighted by molar-refractivity contribution is 8.00. The van der Waals surface area contributed by atoms with Crippen LogP contribution in [0.2, 0.25) is 0 Å². The van der Waals surface area contributed by atoms with Gasteiger partial charge in [-0.1, -0.05) is 0 Å². The zero-order valence-electron chi connectivity index (χ0n) is 19.6. The van der Waals surface area contributed by atoms with Gasteiger partial charge in [-0.25, -0.2) is 29.9 Å². The fraction of sp³-hybridized carbons (Fsp3) is 0.500. The molecule has 0 aromatic carbocycles. The Morgan fingerprint density at radius 3 is 1.37 bits per heavy atom. The van der Waals surface area contributed by atoms with Gasteiger partial charge in [-0.05, 0) is 0 Å². The van der Waals surface area contributed by atoms with Crippen molar-refractivity contribution in [2.75, 3.05) is 24.7 Å². The predicted octanol–water partition coefficient (Wildman–Crippen LogP) is -2.53. The number of hydrogen-bond donors (Lipinski definition) is 8. The Balaban J connectivity index is 0.000000155. The topological polar surface area (TPSA) is 261 Å². The summed E-state index contributed by atoms with van der Waals surface area (Å²) in [7, 11) is 0. The SMILES string of the molecule is Nc1ncnc2c1ncn2C1SC(CO)C(O)C1O.Nc1ncnc2c1ncn2C1SC(CO)C(O)C1O. The number of fused-ring (bicyclic) bond motifs is 2. The maximum absolute atomic E-state index is 10.1. The van der Waals surface area contributed by atoms with Gasteiger partial charge in [0.25, 0.3) is 0 Å². The van der Waals surface area contributed by atoms with E-state index in [9.17, 15) is 20.4 Å². The van der Waals surface area contributed by atoms with E-state index < -0.39 is 45.7 Å². The minimum absolute atomic E-state index is 0.205. The fourth-order valence-electron chi connectivity index (χ4n) is 4.33. The molecule has 38 heavy (non-hydrogen) atoms. The molecule has 4 aromatic heterocycles. The first-order valence-corrected chi connectivity index (χ1v) is 13.3. The Labute approximate surface area is 222 Å². The lowest BCUT2D eigenvalue weighted by Crippen LogP contribution is -2.32. The summed E-state index contributed by atoms with van der Waals surface area (Å²) in [5.41, 5.74) is 13.3. The van der Waals surface area contributed by atoms with Crippen molar-refractivity contribution in [2.45, 2.75) is 45.7 Å². The molecule has 2 aliphatic rings. The van der Waals surface area contributed by atoms with Crippen LogP contribution in [0.3, 0.4) is 0 Å². The third-order valence-electron chi connectivity index (χ3n) is 6.36. The number of nitrogen functional groups attached to an aromatic ring is 2. The Hall–Kier alpha value is -2.84. The van der Waals surface area contributed by atoms with Crippen molar-refractivity contribution in [1.29, 1.82) is 0 Å². The number of aliphatic hydroxyl groups is 6. The van der Waals surface area contributed by atoms with Crippen LogP contribution in [0.1, 0.15) is 10.7 Å². The maximum Gasteiger partial charge on any atom is 0.166 e. The predicted molar refractivity (Wildman–Crippen MR) is 139 cm³/mol. The summed E-state index contributed by atoms with van der Waals surface area (Å²) in [6.07, 6.45) is 1.66. The summed E-state index contributed by atoms with van der Waals surface area (Å²) in [5, 5.41) is 56.3. The number of aromatic nitrogens is 8. The van der Waals surface area contributed by atoms with E-state index in [-0.39, 0.29) is 24.8 Å². The van der Waals surface area contributed by atoms with Crippen LogP contribution in [-0.4, -0.2) is 118 Å². The van der Waals surface area contributed by atoms with Gasteiger partial charge in [0.1, 0.15) is 46.6 Å². The normalized spacial score (nSPS) is 31.1. The second kappa shape index (κ2) is 10.7. The molecule has 0 bridgehead atoms. The smallest absolute Gasteiger partial charge is 0.166 e. The number of nitrogens with two attached hydrogens (primary N) is 2. The molecule has 0 saturated carbocycles. The van der Waals surface area contributed by atoms with Crippen molar-refractivity contribution in [3.05, 3.63) is 25.3 Å². The summed E-state index contributed by atoms with van der Waals surface area (Å²) in [5.74, 6) is 0.529. The number of anilines is 2. The van der Waals surface area contributed by atoms with Crippen molar-refractivity contribution in [3.63, 3.8) is 0 Å². The van der Waals surface area contributed by atoms with Crippen molar-refractivity contribution in [1.82, 2.24) is 39.0 Å². The van der Waals surface area contributed by atoms with Crippen LogP contribution in [0, 0.1) is 0 Å². The van der Waals surface area contributed by atoms with Gasteiger partial charge in [0.05, 0.1) is 48.6 Å². The molecule has 0 amide bonds. The Kier molecular flexibility index (Phi) is 7.56. The molecule has 204 valence electrons. The molecule has 8 unspecified atom stereocenters. The van der Waals surface area contributed by atoms with Gasteiger partial charge in [-0.2, -0.15) is 0 Å². The maximum atomic E-state index is 10.1. The molecule has 6 rings (SSSR count). The minimum atomic E-state index is -1.00. The molecular weight excluding hydrogens is 540 g/mol. The van der Waals surface area contributed by atoms with E-state index >= 15 is 0 Å². The molecule has 2 aliphatic heterocycles. The van der Waals surface area contributed by atoms with E-state index in [1.54, 1.807) is 9.13 Å². The minimum Gasteiger partial charge on any atom is -0.395 e. The van der Waals surface area contributed by atoms with E-state index in [0.717, 1.165) is 0 Å². The lowest BCUT2D eigenvalue weighted by atomic mass is 10.1. The van der Waals surface area contributed by atoms with E-state index in [4.69, 9.17) is 21.7 Å². The van der Waals surface area contributed by atoms with E-state index in [2.05, 4.69) is 29.9 Å². The van der Waals surface area contributed by atoms with E-state index in [0.29, 0.717) is 22.3 Å². The van der Waals surface area contributed by atoms with Gasteiger partial charge < -0.3 is 42.1 Å². The first-order chi connectivity index (χ1) is 18.3. The highest BCUT2D eigenvalue weighted by atomic mass is 32.2. The lowest BCUT2D eigenvalue weighted by molar-refractivity contribution is 0.0113. The van der Waals surface area contributed by atoms with Crippen molar-refractivity contribution >= 4 is 57.5 Å². The zero-order valence-corrected chi connectivity index (χ0v) is 21.2. The highest BCUT2D eigenvalue weighted by Gasteiger charge is 2.44. The molecule has 2 saturated heterocycles. The average molecular weight is 567 g/mol. The van der Waals surface area contributed by atoms with Crippen LogP contribution in [0.4, 0.5) is 11.6 Å². The summed E-state index contributed by atoms with van der Waals surface area (Å²) >= 11 is 2.55. The molecule has 2 fully saturated rings. The Morgan fingerprint density at radius 2 is 1.03 bits per heavy atom.